The molecule has 0 atom stereocenters. The van der Waals surface area contributed by atoms with E-state index in [-0.39, 0.29) is 0 Å². The first-order valence-electron chi connectivity index (χ1n) is 9.85. The van der Waals surface area contributed by atoms with Crippen LogP contribution in [0.3, 0.4) is 0 Å². The molecule has 0 amide bonds. The van der Waals surface area contributed by atoms with E-state index in [0.717, 1.165) is 33.2 Å². The lowest BCUT2D eigenvalue weighted by atomic mass is 10.1. The van der Waals surface area contributed by atoms with E-state index in [9.17, 15) is 0 Å². The van der Waals surface area contributed by atoms with Crippen molar-refractivity contribution >= 4 is 33.2 Å². The summed E-state index contributed by atoms with van der Waals surface area (Å²) in [5, 5.41) is 6.83. The number of pyridine rings is 1. The van der Waals surface area contributed by atoms with Crippen molar-refractivity contribution in [1.82, 2.24) is 19.9 Å². The van der Waals surface area contributed by atoms with Gasteiger partial charge in [-0.25, -0.2) is 15.0 Å². The number of thiophene rings is 1. The van der Waals surface area contributed by atoms with E-state index in [0.29, 0.717) is 13.1 Å². The number of nitrogens with one attached hydrogen (secondary N) is 1. The summed E-state index contributed by atoms with van der Waals surface area (Å²) in [6.07, 6.45) is 1.85. The van der Waals surface area contributed by atoms with E-state index < -0.39 is 0 Å². The van der Waals surface area contributed by atoms with E-state index in [1.165, 1.54) is 11.1 Å². The summed E-state index contributed by atoms with van der Waals surface area (Å²) in [5.74, 6) is 2.64. The van der Waals surface area contributed by atoms with Crippen LogP contribution in [0.1, 0.15) is 11.4 Å². The Morgan fingerprint density at radius 3 is 2.53 bits per heavy atom. The van der Waals surface area contributed by atoms with Gasteiger partial charge in [-0.3, -0.25) is 0 Å². The second kappa shape index (κ2) is 8.77. The summed E-state index contributed by atoms with van der Waals surface area (Å²) in [5.41, 5.74) is 3.50. The third-order valence-electron chi connectivity index (χ3n) is 4.75. The third kappa shape index (κ3) is 4.42. The minimum absolute atomic E-state index is 0.668. The average Bonchev–Trinajstić information content (AvgIpc) is 3.16. The Labute approximate surface area is 181 Å². The minimum atomic E-state index is 0.668. The molecule has 0 saturated carbocycles. The van der Waals surface area contributed by atoms with Crippen molar-refractivity contribution in [3.05, 3.63) is 65.4 Å². The molecule has 0 radical (unpaired) electrons. The van der Waals surface area contributed by atoms with Crippen molar-refractivity contribution in [2.75, 3.05) is 38.4 Å². The van der Waals surface area contributed by atoms with Gasteiger partial charge >= 0.3 is 0 Å². The van der Waals surface area contributed by atoms with Gasteiger partial charge in [-0.15, -0.1) is 11.3 Å². The molecule has 0 aliphatic rings. The molecule has 154 valence electrons. The van der Waals surface area contributed by atoms with Crippen LogP contribution in [-0.4, -0.2) is 48.0 Å². The minimum Gasteiger partial charge on any atom is -0.365 e. The summed E-state index contributed by atoms with van der Waals surface area (Å²) in [4.78, 5) is 19.2. The van der Waals surface area contributed by atoms with Crippen molar-refractivity contribution in [3.8, 4) is 11.1 Å². The van der Waals surface area contributed by atoms with E-state index in [1.54, 1.807) is 11.3 Å². The summed E-state index contributed by atoms with van der Waals surface area (Å²) in [7, 11) is 8.06. The van der Waals surface area contributed by atoms with Gasteiger partial charge < -0.3 is 15.1 Å². The number of benzene rings is 1. The van der Waals surface area contributed by atoms with Crippen LogP contribution in [0.5, 0.6) is 0 Å². The summed E-state index contributed by atoms with van der Waals surface area (Å²) >= 11 is 1.67. The lowest BCUT2D eigenvalue weighted by molar-refractivity contribution is 0.391. The molecule has 0 fully saturated rings. The number of aromatic nitrogens is 3. The van der Waals surface area contributed by atoms with Crippen LogP contribution < -0.4 is 10.2 Å². The van der Waals surface area contributed by atoms with Crippen LogP contribution >= 0.6 is 11.3 Å². The van der Waals surface area contributed by atoms with Crippen molar-refractivity contribution in [2.45, 2.75) is 13.1 Å². The largest absolute Gasteiger partial charge is 0.365 e. The molecule has 3 aromatic heterocycles. The number of anilines is 2. The maximum absolute atomic E-state index is 4.89. The second-order valence-electron chi connectivity index (χ2n) is 7.69. The van der Waals surface area contributed by atoms with Gasteiger partial charge in [0.15, 0.2) is 0 Å². The molecular weight excluding hydrogens is 392 g/mol. The maximum Gasteiger partial charge on any atom is 0.146 e. The molecular formula is C23H26N6S. The van der Waals surface area contributed by atoms with Crippen molar-refractivity contribution < 1.29 is 0 Å². The molecule has 0 aliphatic heterocycles. The van der Waals surface area contributed by atoms with E-state index in [1.807, 2.05) is 51.4 Å². The molecule has 0 saturated heterocycles. The van der Waals surface area contributed by atoms with E-state index in [4.69, 9.17) is 9.97 Å². The predicted molar refractivity (Wildman–Crippen MR) is 126 cm³/mol. The Hall–Kier alpha value is -3.03. The number of hydrogen-bond acceptors (Lipinski definition) is 7. The average molecular weight is 419 g/mol. The standard InChI is InChI=1S/C23H26N6S/c1-28(2)14-19-26-22(25-13-16-10-11-24-20(12-16)29(3)4)21-18(15-30-23(21)27-19)17-8-6-5-7-9-17/h5-12,15H,13-14H2,1-4H3,(H,25,26,27). The number of nitrogens with zero attached hydrogens (tertiary/aromatic N) is 5. The van der Waals surface area contributed by atoms with Gasteiger partial charge in [-0.05, 0) is 37.4 Å². The number of fused-ring (bicyclic) bond motifs is 1. The van der Waals surface area contributed by atoms with Crippen LogP contribution in [0, 0.1) is 0 Å². The Morgan fingerprint density at radius 2 is 1.80 bits per heavy atom. The maximum atomic E-state index is 4.89. The molecule has 4 aromatic rings. The highest BCUT2D eigenvalue weighted by Gasteiger charge is 2.16. The van der Waals surface area contributed by atoms with E-state index in [2.05, 4.69) is 50.9 Å². The smallest absolute Gasteiger partial charge is 0.146 e. The lowest BCUT2D eigenvalue weighted by Crippen LogP contribution is -2.15. The molecule has 7 heteroatoms. The molecule has 30 heavy (non-hydrogen) atoms. The van der Waals surface area contributed by atoms with Crippen molar-refractivity contribution in [2.24, 2.45) is 0 Å². The van der Waals surface area contributed by atoms with Crippen LogP contribution in [0.15, 0.2) is 54.0 Å². The zero-order valence-corrected chi connectivity index (χ0v) is 18.6. The topological polar surface area (TPSA) is 57.2 Å². The number of rotatable bonds is 7. The highest BCUT2D eigenvalue weighted by molar-refractivity contribution is 7.17. The summed E-state index contributed by atoms with van der Waals surface area (Å²) < 4.78 is 0. The van der Waals surface area contributed by atoms with Gasteiger partial charge in [-0.1, -0.05) is 30.3 Å². The Morgan fingerprint density at radius 1 is 1.00 bits per heavy atom. The zero-order valence-electron chi connectivity index (χ0n) is 17.8. The molecule has 0 unspecified atom stereocenters. The van der Waals surface area contributed by atoms with Gasteiger partial charge in [0.05, 0.1) is 11.9 Å². The lowest BCUT2D eigenvalue weighted by Gasteiger charge is -2.14. The van der Waals surface area contributed by atoms with Crippen LogP contribution in [0.2, 0.25) is 0 Å². The Bertz CT molecular complexity index is 1140. The fraction of sp³-hybridized carbons (Fsp3) is 0.261. The fourth-order valence-electron chi connectivity index (χ4n) is 3.30. The van der Waals surface area contributed by atoms with Gasteiger partial charge in [0.1, 0.15) is 22.3 Å². The van der Waals surface area contributed by atoms with Gasteiger partial charge in [-0.2, -0.15) is 0 Å². The SMILES string of the molecule is CN(C)Cc1nc(NCc2ccnc(N(C)C)c2)c2c(-c3ccccc3)csc2n1. The zero-order chi connectivity index (χ0) is 21.1. The molecule has 3 heterocycles. The molecule has 0 bridgehead atoms. The first-order chi connectivity index (χ1) is 14.5. The van der Waals surface area contributed by atoms with Crippen molar-refractivity contribution in [1.29, 1.82) is 0 Å². The van der Waals surface area contributed by atoms with Gasteiger partial charge in [0.25, 0.3) is 0 Å². The monoisotopic (exact) mass is 418 g/mol. The van der Waals surface area contributed by atoms with Gasteiger partial charge in [0, 0.05) is 37.8 Å². The molecule has 0 spiro atoms. The van der Waals surface area contributed by atoms with Crippen molar-refractivity contribution in [3.63, 3.8) is 0 Å². The van der Waals surface area contributed by atoms with E-state index >= 15 is 0 Å². The van der Waals surface area contributed by atoms with Crippen LogP contribution in [0.4, 0.5) is 11.6 Å². The summed E-state index contributed by atoms with van der Waals surface area (Å²) in [6, 6.07) is 14.5. The second-order valence-corrected chi connectivity index (χ2v) is 8.55. The fourth-order valence-corrected chi connectivity index (χ4v) is 4.26. The third-order valence-corrected chi connectivity index (χ3v) is 5.62. The van der Waals surface area contributed by atoms with Gasteiger partial charge in [0.2, 0.25) is 0 Å². The quantitative estimate of drug-likeness (QED) is 0.477. The Balaban J connectivity index is 1.74. The highest BCUT2D eigenvalue weighted by atomic mass is 32.1. The number of hydrogen-bond donors (Lipinski definition) is 1. The Kier molecular flexibility index (Phi) is 5.92. The predicted octanol–water partition coefficient (Wildman–Crippen LogP) is 4.49. The van der Waals surface area contributed by atoms with Crippen LogP contribution in [-0.2, 0) is 13.1 Å². The highest BCUT2D eigenvalue weighted by Crippen LogP contribution is 2.37. The first-order valence-corrected chi connectivity index (χ1v) is 10.7. The molecule has 1 aromatic carbocycles. The molecule has 4 rings (SSSR count). The first kappa shape index (κ1) is 20.3. The molecule has 0 aliphatic carbocycles. The van der Waals surface area contributed by atoms with Crippen LogP contribution in [0.25, 0.3) is 21.3 Å². The normalized spacial score (nSPS) is 11.2. The summed E-state index contributed by atoms with van der Waals surface area (Å²) in [6.45, 7) is 1.37. The molecule has 1 N–H and O–H groups in total. The molecule has 6 nitrogen and oxygen atoms in total.